The number of benzene rings is 2. The summed E-state index contributed by atoms with van der Waals surface area (Å²) >= 11 is 0. The summed E-state index contributed by atoms with van der Waals surface area (Å²) in [5, 5.41) is 3.00. The Kier molecular flexibility index (Phi) is 8.48. The van der Waals surface area contributed by atoms with Gasteiger partial charge in [0.1, 0.15) is 23.1 Å². The van der Waals surface area contributed by atoms with Crippen molar-refractivity contribution < 1.29 is 14.3 Å². The first-order chi connectivity index (χ1) is 17.9. The Morgan fingerprint density at radius 2 is 1.76 bits per heavy atom. The van der Waals surface area contributed by atoms with Crippen molar-refractivity contribution in [2.45, 2.75) is 40.0 Å². The number of aromatic nitrogens is 2. The number of rotatable bonds is 7. The van der Waals surface area contributed by atoms with Gasteiger partial charge >= 0.3 is 6.03 Å². The molecule has 37 heavy (non-hydrogen) atoms. The highest BCUT2D eigenvalue weighted by Crippen LogP contribution is 2.30. The van der Waals surface area contributed by atoms with Crippen molar-refractivity contribution in [1.29, 1.82) is 0 Å². The van der Waals surface area contributed by atoms with Gasteiger partial charge < -0.3 is 24.6 Å². The summed E-state index contributed by atoms with van der Waals surface area (Å²) in [4.78, 5) is 27.0. The predicted molar refractivity (Wildman–Crippen MR) is 147 cm³/mol. The number of aryl methyl sites for hydroxylation is 3. The molecular weight excluding hydrogens is 466 g/mol. The van der Waals surface area contributed by atoms with Crippen LogP contribution in [0.4, 0.5) is 16.3 Å². The van der Waals surface area contributed by atoms with E-state index in [1.165, 1.54) is 16.7 Å². The maximum absolute atomic E-state index is 13.2. The molecule has 1 aliphatic heterocycles. The number of methoxy groups -OCH3 is 2. The summed E-state index contributed by atoms with van der Waals surface area (Å²) in [6.45, 7) is 9.00. The fourth-order valence-electron chi connectivity index (χ4n) is 4.71. The zero-order chi connectivity index (χ0) is 26.4. The van der Waals surface area contributed by atoms with Gasteiger partial charge in [0.05, 0.1) is 19.9 Å². The highest BCUT2D eigenvalue weighted by Gasteiger charge is 2.24. The predicted octanol–water partition coefficient (Wildman–Crippen LogP) is 5.01. The topological polar surface area (TPSA) is 79.8 Å². The zero-order valence-electron chi connectivity index (χ0n) is 22.5. The van der Waals surface area contributed by atoms with E-state index in [2.05, 4.69) is 48.3 Å². The summed E-state index contributed by atoms with van der Waals surface area (Å²) in [5.74, 6) is 3.01. The van der Waals surface area contributed by atoms with Gasteiger partial charge in [0.15, 0.2) is 0 Å². The molecule has 0 spiro atoms. The molecular formula is C29H37N5O3. The molecule has 1 aliphatic rings. The maximum Gasteiger partial charge on any atom is 0.322 e. The third kappa shape index (κ3) is 6.31. The Bertz CT molecular complexity index is 1230. The molecule has 0 radical (unpaired) electrons. The van der Waals surface area contributed by atoms with Crippen LogP contribution >= 0.6 is 0 Å². The summed E-state index contributed by atoms with van der Waals surface area (Å²) in [6, 6.07) is 13.9. The monoisotopic (exact) mass is 503 g/mol. The molecule has 1 N–H and O–H groups in total. The Balaban J connectivity index is 1.52. The molecule has 0 saturated carbocycles. The second kappa shape index (κ2) is 12.0. The van der Waals surface area contributed by atoms with Gasteiger partial charge in [0, 0.05) is 49.9 Å². The van der Waals surface area contributed by atoms with Gasteiger partial charge in [-0.05, 0) is 44.4 Å². The van der Waals surface area contributed by atoms with Crippen LogP contribution in [0.2, 0.25) is 0 Å². The second-order valence-corrected chi connectivity index (χ2v) is 9.36. The van der Waals surface area contributed by atoms with Crippen molar-refractivity contribution in [3.63, 3.8) is 0 Å². The SMILES string of the molecule is CCc1nc(C)nc(N2CCCN(C(=O)Nc3ccc(OC)cc3OC)CC2)c1Cc1ccc(C)cc1. The van der Waals surface area contributed by atoms with Crippen LogP contribution in [0.25, 0.3) is 0 Å². The molecule has 8 heteroatoms. The maximum atomic E-state index is 13.2. The number of nitrogens with one attached hydrogen (secondary N) is 1. The Hall–Kier alpha value is -3.81. The van der Waals surface area contributed by atoms with Crippen LogP contribution in [0, 0.1) is 13.8 Å². The molecule has 0 aliphatic carbocycles. The van der Waals surface area contributed by atoms with Crippen molar-refractivity contribution in [3.05, 3.63) is 70.7 Å². The first kappa shape index (κ1) is 26.3. The number of anilines is 2. The molecule has 2 heterocycles. The second-order valence-electron chi connectivity index (χ2n) is 9.36. The van der Waals surface area contributed by atoms with Crippen molar-refractivity contribution >= 4 is 17.5 Å². The van der Waals surface area contributed by atoms with Gasteiger partial charge in [-0.1, -0.05) is 36.8 Å². The van der Waals surface area contributed by atoms with Crippen molar-refractivity contribution in [3.8, 4) is 11.5 Å². The number of hydrogen-bond donors (Lipinski definition) is 1. The average molecular weight is 504 g/mol. The highest BCUT2D eigenvalue weighted by atomic mass is 16.5. The summed E-state index contributed by atoms with van der Waals surface area (Å²) in [5.41, 5.74) is 5.39. The summed E-state index contributed by atoms with van der Waals surface area (Å²) in [6.07, 6.45) is 2.49. The van der Waals surface area contributed by atoms with Gasteiger partial charge in [-0.25, -0.2) is 14.8 Å². The van der Waals surface area contributed by atoms with E-state index in [9.17, 15) is 4.79 Å². The van der Waals surface area contributed by atoms with Crippen molar-refractivity contribution in [1.82, 2.24) is 14.9 Å². The minimum absolute atomic E-state index is 0.140. The van der Waals surface area contributed by atoms with E-state index < -0.39 is 0 Å². The first-order valence-corrected chi connectivity index (χ1v) is 12.9. The number of nitrogens with zero attached hydrogens (tertiary/aromatic N) is 4. The molecule has 0 unspecified atom stereocenters. The van der Waals surface area contributed by atoms with Gasteiger partial charge in [-0.15, -0.1) is 0 Å². The van der Waals surface area contributed by atoms with E-state index in [-0.39, 0.29) is 6.03 Å². The van der Waals surface area contributed by atoms with Crippen LogP contribution in [0.15, 0.2) is 42.5 Å². The van der Waals surface area contributed by atoms with Crippen molar-refractivity contribution in [2.24, 2.45) is 0 Å². The van der Waals surface area contributed by atoms with Crippen LogP contribution in [0.3, 0.4) is 0 Å². The quantitative estimate of drug-likeness (QED) is 0.488. The standard InChI is InChI=1S/C29H37N5O3/c1-6-25-24(18-22-10-8-20(2)9-11-22)28(31-21(3)30-25)33-14-7-15-34(17-16-33)29(35)32-26-13-12-23(36-4)19-27(26)37-5/h8-13,19H,6-7,14-18H2,1-5H3,(H,32,35). The summed E-state index contributed by atoms with van der Waals surface area (Å²) < 4.78 is 10.7. The van der Waals surface area contributed by atoms with Crippen LogP contribution in [0.1, 0.15) is 41.6 Å². The number of ether oxygens (including phenoxy) is 2. The van der Waals surface area contributed by atoms with Gasteiger partial charge in [-0.3, -0.25) is 0 Å². The van der Waals surface area contributed by atoms with E-state index in [4.69, 9.17) is 19.4 Å². The fraction of sp³-hybridized carbons (Fsp3) is 0.414. The Labute approximate surface area is 219 Å². The number of hydrogen-bond acceptors (Lipinski definition) is 6. The van der Waals surface area contributed by atoms with Crippen LogP contribution in [-0.2, 0) is 12.8 Å². The molecule has 8 nitrogen and oxygen atoms in total. The first-order valence-electron chi connectivity index (χ1n) is 12.9. The largest absolute Gasteiger partial charge is 0.497 e. The van der Waals surface area contributed by atoms with Crippen LogP contribution in [-0.4, -0.2) is 61.3 Å². The molecule has 1 aromatic heterocycles. The Morgan fingerprint density at radius 3 is 2.46 bits per heavy atom. The molecule has 4 rings (SSSR count). The van der Waals surface area contributed by atoms with E-state index in [0.717, 1.165) is 43.1 Å². The average Bonchev–Trinajstić information content (AvgIpc) is 3.17. The molecule has 196 valence electrons. The number of carbonyl (C=O) groups excluding carboxylic acids is 1. The molecule has 3 aromatic rings. The zero-order valence-corrected chi connectivity index (χ0v) is 22.5. The highest BCUT2D eigenvalue weighted by molar-refractivity contribution is 5.91. The van der Waals surface area contributed by atoms with Crippen LogP contribution in [0.5, 0.6) is 11.5 Å². The van der Waals surface area contributed by atoms with Gasteiger partial charge in [-0.2, -0.15) is 0 Å². The number of carbonyl (C=O) groups is 1. The normalized spacial score (nSPS) is 13.8. The van der Waals surface area contributed by atoms with Gasteiger partial charge in [0.25, 0.3) is 0 Å². The van der Waals surface area contributed by atoms with E-state index in [1.54, 1.807) is 32.4 Å². The molecule has 2 aromatic carbocycles. The lowest BCUT2D eigenvalue weighted by Gasteiger charge is -2.26. The molecule has 0 atom stereocenters. The third-order valence-electron chi connectivity index (χ3n) is 6.75. The lowest BCUT2D eigenvalue weighted by atomic mass is 10.0. The Morgan fingerprint density at radius 1 is 0.973 bits per heavy atom. The summed E-state index contributed by atoms with van der Waals surface area (Å²) in [7, 11) is 3.18. The van der Waals surface area contributed by atoms with E-state index >= 15 is 0 Å². The fourth-order valence-corrected chi connectivity index (χ4v) is 4.71. The molecule has 1 fully saturated rings. The van der Waals surface area contributed by atoms with E-state index in [0.29, 0.717) is 36.8 Å². The molecule has 2 amide bonds. The number of amides is 2. The lowest BCUT2D eigenvalue weighted by molar-refractivity contribution is 0.215. The smallest absolute Gasteiger partial charge is 0.322 e. The third-order valence-corrected chi connectivity index (χ3v) is 6.75. The van der Waals surface area contributed by atoms with E-state index in [1.807, 2.05) is 11.8 Å². The lowest BCUT2D eigenvalue weighted by Crippen LogP contribution is -2.38. The van der Waals surface area contributed by atoms with Crippen molar-refractivity contribution in [2.75, 3.05) is 50.6 Å². The minimum atomic E-state index is -0.140. The van der Waals surface area contributed by atoms with Crippen LogP contribution < -0.4 is 19.7 Å². The number of urea groups is 1. The molecule has 0 bridgehead atoms. The minimum Gasteiger partial charge on any atom is -0.497 e. The molecule has 1 saturated heterocycles. The van der Waals surface area contributed by atoms with Gasteiger partial charge in [0.2, 0.25) is 0 Å².